The Labute approximate surface area is 137 Å². The summed E-state index contributed by atoms with van der Waals surface area (Å²) in [5.41, 5.74) is 3.10. The quantitative estimate of drug-likeness (QED) is 0.802. The van der Waals surface area contributed by atoms with Gasteiger partial charge < -0.3 is 9.84 Å². The summed E-state index contributed by atoms with van der Waals surface area (Å²) in [4.78, 5) is 11.5. The van der Waals surface area contributed by atoms with Crippen molar-refractivity contribution in [1.29, 1.82) is 0 Å². The van der Waals surface area contributed by atoms with Crippen molar-refractivity contribution in [3.63, 3.8) is 0 Å². The van der Waals surface area contributed by atoms with Crippen LogP contribution in [0.1, 0.15) is 48.8 Å². The van der Waals surface area contributed by atoms with Crippen LogP contribution in [0.25, 0.3) is 0 Å². The third kappa shape index (κ3) is 4.59. The van der Waals surface area contributed by atoms with E-state index in [1.807, 2.05) is 49.4 Å². The maximum Gasteiger partial charge on any atom is 0.311 e. The summed E-state index contributed by atoms with van der Waals surface area (Å²) in [6.45, 7) is 6.61. The molecule has 0 amide bonds. The molecule has 0 aromatic heterocycles. The molecule has 0 spiro atoms. The van der Waals surface area contributed by atoms with Crippen molar-refractivity contribution >= 4 is 5.97 Å². The number of benzene rings is 2. The maximum absolute atomic E-state index is 11.5. The van der Waals surface area contributed by atoms with Crippen molar-refractivity contribution in [3.05, 3.63) is 65.2 Å². The Balaban J connectivity index is 2.03. The fraction of sp³-hybridized carbons (Fsp3) is 0.350. The zero-order valence-electron chi connectivity index (χ0n) is 14.0. The van der Waals surface area contributed by atoms with E-state index in [2.05, 4.69) is 19.9 Å². The highest BCUT2D eigenvalue weighted by Crippen LogP contribution is 2.27. The molecule has 3 nitrogen and oxygen atoms in total. The lowest BCUT2D eigenvalue weighted by Crippen LogP contribution is -2.15. The molecule has 0 heterocycles. The van der Waals surface area contributed by atoms with Crippen molar-refractivity contribution in [1.82, 2.24) is 0 Å². The molecule has 0 fully saturated rings. The second-order valence-electron chi connectivity index (χ2n) is 6.13. The second kappa shape index (κ2) is 7.82. The minimum atomic E-state index is -0.811. The van der Waals surface area contributed by atoms with Gasteiger partial charge in [-0.05, 0) is 36.5 Å². The predicted molar refractivity (Wildman–Crippen MR) is 92.2 cm³/mol. The highest BCUT2D eigenvalue weighted by atomic mass is 16.5. The summed E-state index contributed by atoms with van der Waals surface area (Å²) >= 11 is 0. The van der Waals surface area contributed by atoms with Gasteiger partial charge in [-0.3, -0.25) is 4.79 Å². The second-order valence-corrected chi connectivity index (χ2v) is 6.13. The van der Waals surface area contributed by atoms with Crippen LogP contribution < -0.4 is 4.74 Å². The van der Waals surface area contributed by atoms with Crippen molar-refractivity contribution in [2.45, 2.75) is 39.0 Å². The van der Waals surface area contributed by atoms with Gasteiger partial charge >= 0.3 is 5.97 Å². The third-order valence-corrected chi connectivity index (χ3v) is 3.98. The van der Waals surface area contributed by atoms with Crippen LogP contribution in [0.2, 0.25) is 0 Å². The van der Waals surface area contributed by atoms with Crippen LogP contribution in [0.15, 0.2) is 48.5 Å². The molecule has 2 aromatic carbocycles. The van der Waals surface area contributed by atoms with E-state index >= 15 is 0 Å². The molecule has 0 aliphatic carbocycles. The molecular formula is C20H24O3. The lowest BCUT2D eigenvalue weighted by atomic mass is 9.95. The largest absolute Gasteiger partial charge is 0.493 e. The fourth-order valence-electron chi connectivity index (χ4n) is 2.61. The summed E-state index contributed by atoms with van der Waals surface area (Å²) < 4.78 is 5.86. The zero-order valence-corrected chi connectivity index (χ0v) is 14.0. The molecule has 122 valence electrons. The lowest BCUT2D eigenvalue weighted by Gasteiger charge is -2.16. The SMILES string of the molecule is Cc1ccc(C(CCOc2ccccc2C(C)C)C(=O)O)cc1. The highest BCUT2D eigenvalue weighted by Gasteiger charge is 2.20. The van der Waals surface area contributed by atoms with Crippen molar-refractivity contribution in [2.24, 2.45) is 0 Å². The van der Waals surface area contributed by atoms with Gasteiger partial charge in [-0.1, -0.05) is 61.9 Å². The Morgan fingerprint density at radius 3 is 2.35 bits per heavy atom. The molecule has 0 saturated heterocycles. The van der Waals surface area contributed by atoms with Crippen LogP contribution in [0.4, 0.5) is 0 Å². The number of hydrogen-bond donors (Lipinski definition) is 1. The summed E-state index contributed by atoms with van der Waals surface area (Å²) in [5.74, 6) is -0.134. The van der Waals surface area contributed by atoms with Gasteiger partial charge in [0.25, 0.3) is 0 Å². The number of carboxylic acid groups (broad SMARTS) is 1. The molecule has 2 aromatic rings. The first kappa shape index (κ1) is 17.1. The van der Waals surface area contributed by atoms with Gasteiger partial charge in [0.2, 0.25) is 0 Å². The van der Waals surface area contributed by atoms with Gasteiger partial charge in [0.05, 0.1) is 12.5 Å². The molecule has 1 atom stereocenters. The third-order valence-electron chi connectivity index (χ3n) is 3.98. The Bertz CT molecular complexity index is 644. The van der Waals surface area contributed by atoms with Crippen LogP contribution in [-0.2, 0) is 4.79 Å². The van der Waals surface area contributed by atoms with E-state index in [1.54, 1.807) is 0 Å². The molecule has 0 bridgehead atoms. The Kier molecular flexibility index (Phi) is 5.80. The van der Waals surface area contributed by atoms with E-state index in [-0.39, 0.29) is 0 Å². The van der Waals surface area contributed by atoms with E-state index in [9.17, 15) is 9.90 Å². The first-order chi connectivity index (χ1) is 11.0. The average molecular weight is 312 g/mol. The number of ether oxygens (including phenoxy) is 1. The lowest BCUT2D eigenvalue weighted by molar-refractivity contribution is -0.139. The van der Waals surface area contributed by atoms with Crippen molar-refractivity contribution in [2.75, 3.05) is 6.61 Å². The molecule has 0 aliphatic rings. The molecule has 2 rings (SSSR count). The Hall–Kier alpha value is -2.29. The molecule has 0 aliphatic heterocycles. The Morgan fingerprint density at radius 2 is 1.74 bits per heavy atom. The number of carboxylic acids is 1. The fourth-order valence-corrected chi connectivity index (χ4v) is 2.61. The standard InChI is InChI=1S/C20H24O3/c1-14(2)17-6-4-5-7-19(17)23-13-12-18(20(21)22)16-10-8-15(3)9-11-16/h4-11,14,18H,12-13H2,1-3H3,(H,21,22). The average Bonchev–Trinajstić information content (AvgIpc) is 2.52. The van der Waals surface area contributed by atoms with E-state index in [4.69, 9.17) is 4.74 Å². The maximum atomic E-state index is 11.5. The first-order valence-electron chi connectivity index (χ1n) is 8.00. The molecule has 1 N–H and O–H groups in total. The smallest absolute Gasteiger partial charge is 0.311 e. The van der Waals surface area contributed by atoms with Crippen molar-refractivity contribution in [3.8, 4) is 5.75 Å². The zero-order chi connectivity index (χ0) is 16.8. The van der Waals surface area contributed by atoms with Crippen LogP contribution in [0.5, 0.6) is 5.75 Å². The van der Waals surface area contributed by atoms with Gasteiger partial charge in [-0.15, -0.1) is 0 Å². The van der Waals surface area contributed by atoms with Crippen molar-refractivity contribution < 1.29 is 14.6 Å². The summed E-state index contributed by atoms with van der Waals surface area (Å²) in [6.07, 6.45) is 0.449. The van der Waals surface area contributed by atoms with Crippen LogP contribution >= 0.6 is 0 Å². The molecular weight excluding hydrogens is 288 g/mol. The first-order valence-corrected chi connectivity index (χ1v) is 8.00. The van der Waals surface area contributed by atoms with Gasteiger partial charge in [-0.2, -0.15) is 0 Å². The molecule has 3 heteroatoms. The van der Waals surface area contributed by atoms with Gasteiger partial charge in [0.15, 0.2) is 0 Å². The topological polar surface area (TPSA) is 46.5 Å². The normalized spacial score (nSPS) is 12.2. The monoisotopic (exact) mass is 312 g/mol. The number of aryl methyl sites for hydroxylation is 1. The van der Waals surface area contributed by atoms with E-state index < -0.39 is 11.9 Å². The number of rotatable bonds is 7. The highest BCUT2D eigenvalue weighted by molar-refractivity contribution is 5.76. The van der Waals surface area contributed by atoms with Crippen LogP contribution in [0, 0.1) is 6.92 Å². The molecule has 0 radical (unpaired) electrons. The minimum absolute atomic E-state index is 0.374. The summed E-state index contributed by atoms with van der Waals surface area (Å²) in [7, 11) is 0. The minimum Gasteiger partial charge on any atom is -0.493 e. The van der Waals surface area contributed by atoms with Crippen LogP contribution in [-0.4, -0.2) is 17.7 Å². The number of hydrogen-bond acceptors (Lipinski definition) is 2. The number of para-hydroxylation sites is 1. The molecule has 0 saturated carbocycles. The van der Waals surface area contributed by atoms with E-state index in [0.29, 0.717) is 18.9 Å². The summed E-state index contributed by atoms with van der Waals surface area (Å²) in [5, 5.41) is 9.48. The van der Waals surface area contributed by atoms with E-state index in [1.165, 1.54) is 0 Å². The Morgan fingerprint density at radius 1 is 1.09 bits per heavy atom. The van der Waals surface area contributed by atoms with Crippen LogP contribution in [0.3, 0.4) is 0 Å². The molecule has 23 heavy (non-hydrogen) atoms. The number of carbonyl (C=O) groups is 1. The number of aliphatic carboxylic acids is 1. The van der Waals surface area contributed by atoms with E-state index in [0.717, 1.165) is 22.4 Å². The van der Waals surface area contributed by atoms with Gasteiger partial charge in [0.1, 0.15) is 5.75 Å². The van der Waals surface area contributed by atoms with Gasteiger partial charge in [-0.25, -0.2) is 0 Å². The van der Waals surface area contributed by atoms with Gasteiger partial charge in [0, 0.05) is 0 Å². The predicted octanol–water partition coefficient (Wildman–Crippen LogP) is 4.76. The molecule has 1 unspecified atom stereocenters. The summed E-state index contributed by atoms with van der Waals surface area (Å²) in [6, 6.07) is 15.6.